The van der Waals surface area contributed by atoms with Gasteiger partial charge >= 0.3 is 11.9 Å². The normalized spacial score (nSPS) is 28.9. The van der Waals surface area contributed by atoms with Gasteiger partial charge in [0, 0.05) is 12.5 Å². The summed E-state index contributed by atoms with van der Waals surface area (Å²) >= 11 is 0. The van der Waals surface area contributed by atoms with Crippen LogP contribution in [0.1, 0.15) is 19.8 Å². The van der Waals surface area contributed by atoms with Gasteiger partial charge in [-0.15, -0.1) is 0 Å². The van der Waals surface area contributed by atoms with Crippen LogP contribution in [0.25, 0.3) is 0 Å². The van der Waals surface area contributed by atoms with E-state index >= 15 is 0 Å². The van der Waals surface area contributed by atoms with E-state index < -0.39 is 0 Å². The first-order chi connectivity index (χ1) is 7.72. The second kappa shape index (κ2) is 4.82. The Hall–Kier alpha value is -1.10. The fraction of sp³-hybridized carbons (Fsp3) is 0.818. The van der Waals surface area contributed by atoms with Crippen LogP contribution in [0.2, 0.25) is 0 Å². The van der Waals surface area contributed by atoms with Gasteiger partial charge in [0.25, 0.3) is 0 Å². The van der Waals surface area contributed by atoms with E-state index in [1.54, 1.807) is 6.92 Å². The Labute approximate surface area is 94.7 Å². The van der Waals surface area contributed by atoms with Crippen molar-refractivity contribution in [2.45, 2.75) is 25.8 Å². The Morgan fingerprint density at radius 1 is 1.62 bits per heavy atom. The van der Waals surface area contributed by atoms with Crippen molar-refractivity contribution in [2.75, 3.05) is 26.3 Å². The molecule has 0 unspecified atom stereocenters. The Morgan fingerprint density at radius 2 is 2.44 bits per heavy atom. The number of fused-ring (bicyclic) bond motifs is 1. The van der Waals surface area contributed by atoms with Gasteiger partial charge in [0.2, 0.25) is 0 Å². The maximum Gasteiger partial charge on any atom is 0.323 e. The summed E-state index contributed by atoms with van der Waals surface area (Å²) in [7, 11) is 0. The number of hydrogen-bond acceptors (Lipinski definition) is 5. The molecule has 2 fully saturated rings. The van der Waals surface area contributed by atoms with Crippen LogP contribution in [0.5, 0.6) is 0 Å². The summed E-state index contributed by atoms with van der Waals surface area (Å²) in [5.74, 6) is -0.00151. The first kappa shape index (κ1) is 11.4. The molecule has 2 atom stereocenters. The second-order valence-corrected chi connectivity index (χ2v) is 4.21. The van der Waals surface area contributed by atoms with Crippen molar-refractivity contribution in [1.29, 1.82) is 0 Å². The minimum Gasteiger partial charge on any atom is -0.466 e. The number of carbonyl (C=O) groups excluding carboxylic acids is 2. The zero-order valence-corrected chi connectivity index (χ0v) is 9.48. The zero-order valence-electron chi connectivity index (χ0n) is 9.48. The topological polar surface area (TPSA) is 55.8 Å². The quantitative estimate of drug-likeness (QED) is 0.642. The van der Waals surface area contributed by atoms with Crippen molar-refractivity contribution in [2.24, 2.45) is 5.92 Å². The van der Waals surface area contributed by atoms with Gasteiger partial charge in [0.1, 0.15) is 6.04 Å². The third-order valence-corrected chi connectivity index (χ3v) is 3.22. The Balaban J connectivity index is 1.82. The lowest BCUT2D eigenvalue weighted by Crippen LogP contribution is -2.37. The van der Waals surface area contributed by atoms with E-state index in [0.29, 0.717) is 32.1 Å². The lowest BCUT2D eigenvalue weighted by molar-refractivity contribution is -0.146. The van der Waals surface area contributed by atoms with Gasteiger partial charge < -0.3 is 9.47 Å². The molecule has 0 saturated carbocycles. The van der Waals surface area contributed by atoms with E-state index in [9.17, 15) is 9.59 Å². The van der Waals surface area contributed by atoms with E-state index in [1.165, 1.54) is 0 Å². The summed E-state index contributed by atoms with van der Waals surface area (Å²) in [6.07, 6.45) is 1.34. The molecule has 0 bridgehead atoms. The molecule has 5 heteroatoms. The van der Waals surface area contributed by atoms with E-state index in [1.807, 2.05) is 4.90 Å². The van der Waals surface area contributed by atoms with Crippen molar-refractivity contribution in [1.82, 2.24) is 4.90 Å². The fourth-order valence-corrected chi connectivity index (χ4v) is 2.44. The molecule has 0 N–H and O–H groups in total. The van der Waals surface area contributed by atoms with Gasteiger partial charge in [-0.2, -0.15) is 0 Å². The fourth-order valence-electron chi connectivity index (χ4n) is 2.44. The zero-order chi connectivity index (χ0) is 11.5. The number of hydrogen-bond donors (Lipinski definition) is 0. The minimum absolute atomic E-state index is 0.116. The molecule has 90 valence electrons. The highest BCUT2D eigenvalue weighted by Crippen LogP contribution is 2.30. The van der Waals surface area contributed by atoms with Crippen molar-refractivity contribution in [3.63, 3.8) is 0 Å². The molecule has 0 aromatic rings. The molecule has 0 aliphatic carbocycles. The predicted octanol–water partition coefficient (Wildman–Crippen LogP) is 0.187. The number of rotatable bonds is 4. The summed E-state index contributed by atoms with van der Waals surface area (Å²) in [5, 5.41) is 0. The second-order valence-electron chi connectivity index (χ2n) is 4.21. The largest absolute Gasteiger partial charge is 0.466 e. The van der Waals surface area contributed by atoms with Crippen molar-refractivity contribution < 1.29 is 19.1 Å². The highest BCUT2D eigenvalue weighted by molar-refractivity contribution is 5.78. The van der Waals surface area contributed by atoms with Gasteiger partial charge in [-0.1, -0.05) is 0 Å². The SMILES string of the molecule is CCOC(=O)CCN1CC[C@H]2COC(=O)[C@H]21. The number of cyclic esters (lactones) is 1. The molecular weight excluding hydrogens is 210 g/mol. The summed E-state index contributed by atoms with van der Waals surface area (Å²) in [6, 6.07) is -0.116. The maximum absolute atomic E-state index is 11.5. The van der Waals surface area contributed by atoms with E-state index in [2.05, 4.69) is 0 Å². The summed E-state index contributed by atoms with van der Waals surface area (Å²) in [6.45, 7) is 4.21. The number of likely N-dealkylation sites (tertiary alicyclic amines) is 1. The molecule has 5 nitrogen and oxygen atoms in total. The van der Waals surface area contributed by atoms with Crippen LogP contribution in [0.4, 0.5) is 0 Å². The Kier molecular flexibility index (Phi) is 3.43. The first-order valence-corrected chi connectivity index (χ1v) is 5.78. The van der Waals surface area contributed by atoms with E-state index in [0.717, 1.165) is 13.0 Å². The molecule has 0 aromatic carbocycles. The smallest absolute Gasteiger partial charge is 0.323 e. The standard InChI is InChI=1S/C11H17NO4/c1-2-15-9(13)4-6-12-5-3-8-7-16-11(14)10(8)12/h8,10H,2-7H2,1H3/t8-,10-/m0/s1. The third-order valence-electron chi connectivity index (χ3n) is 3.22. The average Bonchev–Trinajstić information content (AvgIpc) is 2.80. The molecule has 16 heavy (non-hydrogen) atoms. The molecule has 0 amide bonds. The van der Waals surface area contributed by atoms with Crippen LogP contribution in [0, 0.1) is 5.92 Å². The number of nitrogens with zero attached hydrogens (tertiary/aromatic N) is 1. The molecule has 0 aromatic heterocycles. The highest BCUT2D eigenvalue weighted by atomic mass is 16.5. The molecule has 0 radical (unpaired) electrons. The van der Waals surface area contributed by atoms with E-state index in [-0.39, 0.29) is 18.0 Å². The van der Waals surface area contributed by atoms with Crippen LogP contribution in [0.15, 0.2) is 0 Å². The molecular formula is C11H17NO4. The number of ether oxygens (including phenoxy) is 2. The average molecular weight is 227 g/mol. The van der Waals surface area contributed by atoms with Crippen molar-refractivity contribution >= 4 is 11.9 Å². The number of carbonyl (C=O) groups is 2. The lowest BCUT2D eigenvalue weighted by atomic mass is 10.0. The minimum atomic E-state index is -0.197. The predicted molar refractivity (Wildman–Crippen MR) is 55.7 cm³/mol. The lowest BCUT2D eigenvalue weighted by Gasteiger charge is -2.19. The summed E-state index contributed by atoms with van der Waals surface area (Å²) < 4.78 is 9.87. The van der Waals surface area contributed by atoms with Crippen molar-refractivity contribution in [3.8, 4) is 0 Å². The van der Waals surface area contributed by atoms with Gasteiger partial charge in [0.15, 0.2) is 0 Å². The van der Waals surface area contributed by atoms with Crippen LogP contribution >= 0.6 is 0 Å². The molecule has 2 rings (SSSR count). The Bertz CT molecular complexity index is 292. The molecule has 2 saturated heterocycles. The first-order valence-electron chi connectivity index (χ1n) is 5.78. The van der Waals surface area contributed by atoms with Gasteiger partial charge in [-0.25, -0.2) is 0 Å². The van der Waals surface area contributed by atoms with Gasteiger partial charge in [-0.05, 0) is 19.9 Å². The molecule has 2 aliphatic heterocycles. The van der Waals surface area contributed by atoms with E-state index in [4.69, 9.17) is 9.47 Å². The van der Waals surface area contributed by atoms with Crippen LogP contribution in [-0.4, -0.2) is 49.2 Å². The van der Waals surface area contributed by atoms with Gasteiger partial charge in [0.05, 0.1) is 19.6 Å². The molecule has 2 heterocycles. The molecule has 2 aliphatic rings. The van der Waals surface area contributed by atoms with Crippen LogP contribution in [0.3, 0.4) is 0 Å². The highest BCUT2D eigenvalue weighted by Gasteiger charge is 2.45. The number of esters is 2. The Morgan fingerprint density at radius 3 is 3.19 bits per heavy atom. The maximum atomic E-state index is 11.5. The summed E-state index contributed by atoms with van der Waals surface area (Å²) in [5.41, 5.74) is 0. The van der Waals surface area contributed by atoms with Crippen LogP contribution < -0.4 is 0 Å². The monoisotopic (exact) mass is 227 g/mol. The van der Waals surface area contributed by atoms with Gasteiger partial charge in [-0.3, -0.25) is 14.5 Å². The summed E-state index contributed by atoms with van der Waals surface area (Å²) in [4.78, 5) is 24.7. The van der Waals surface area contributed by atoms with Crippen LogP contribution in [-0.2, 0) is 19.1 Å². The molecule has 0 spiro atoms. The van der Waals surface area contributed by atoms with Crippen molar-refractivity contribution in [3.05, 3.63) is 0 Å². The third kappa shape index (κ3) is 2.19.